The first-order chi connectivity index (χ1) is 22.0. The Bertz CT molecular complexity index is 1320. The maximum absolute atomic E-state index is 13.6. The molecule has 1 aromatic rings. The minimum atomic E-state index is -4.78. The van der Waals surface area contributed by atoms with Gasteiger partial charge < -0.3 is 36.8 Å². The Kier molecular flexibility index (Phi) is 15.3. The van der Waals surface area contributed by atoms with E-state index in [0.717, 1.165) is 0 Å². The molecule has 0 unspecified atom stereocenters. The summed E-state index contributed by atoms with van der Waals surface area (Å²) in [4.78, 5) is 96.1. The molecule has 0 aromatic heterocycles. The average molecular weight is 683 g/mol. The molecule has 0 bridgehead atoms. The summed E-state index contributed by atoms with van der Waals surface area (Å²) >= 11 is 0. The first-order valence-corrected chi connectivity index (χ1v) is 17.1. The Hall–Kier alpha value is -4.01. The van der Waals surface area contributed by atoms with Crippen molar-refractivity contribution in [1.29, 1.82) is 0 Å². The Morgan fingerprint density at radius 1 is 0.809 bits per heavy atom. The number of benzene rings is 1. The molecule has 0 spiro atoms. The van der Waals surface area contributed by atoms with Crippen LogP contribution < -0.4 is 36.8 Å². The van der Waals surface area contributed by atoms with Gasteiger partial charge in [0.15, 0.2) is 0 Å². The standard InChI is InChI=1S/C30H47N6O10P/c1-17(2)25-29(41)32-14-8-6-5-7-9-24(38)33-21(15-19-10-12-20(13-11-19)46-47(43,44)45)27(39)36-26(18(3)4)30(42)34-22(16-23(31)37)28(40)35-25/h10-13,17-18,21-22,25-26H,5-9,14-16H2,1-4H3,(H2,31,37)(H,32,41)(H,33,38)(H,34,42)(H,35,40)(H,36,39)(H2,43,44,45)/t21-,22-,25-,26-/m0/s1. The van der Waals surface area contributed by atoms with E-state index in [4.69, 9.17) is 15.5 Å². The van der Waals surface area contributed by atoms with Crippen molar-refractivity contribution in [3.05, 3.63) is 29.8 Å². The summed E-state index contributed by atoms with van der Waals surface area (Å²) in [5, 5.41) is 13.2. The van der Waals surface area contributed by atoms with Gasteiger partial charge in [-0.3, -0.25) is 38.6 Å². The molecule has 1 saturated heterocycles. The lowest BCUT2D eigenvalue weighted by atomic mass is 9.99. The quantitative estimate of drug-likeness (QED) is 0.169. The number of hydrogen-bond acceptors (Lipinski definition) is 8. The Labute approximate surface area is 273 Å². The Balaban J connectivity index is 2.38. The predicted molar refractivity (Wildman–Crippen MR) is 170 cm³/mol. The number of primary amides is 1. The van der Waals surface area contributed by atoms with Gasteiger partial charge in [0, 0.05) is 19.4 Å². The van der Waals surface area contributed by atoms with Gasteiger partial charge in [-0.05, 0) is 42.4 Å². The molecule has 1 aliphatic rings. The van der Waals surface area contributed by atoms with Gasteiger partial charge >= 0.3 is 7.82 Å². The van der Waals surface area contributed by atoms with E-state index in [9.17, 15) is 33.3 Å². The van der Waals surface area contributed by atoms with E-state index in [1.54, 1.807) is 27.7 Å². The monoisotopic (exact) mass is 682 g/mol. The largest absolute Gasteiger partial charge is 0.524 e. The summed E-state index contributed by atoms with van der Waals surface area (Å²) < 4.78 is 15.7. The zero-order chi connectivity index (χ0) is 35.3. The van der Waals surface area contributed by atoms with Crippen LogP contribution in [0, 0.1) is 11.8 Å². The molecule has 0 radical (unpaired) electrons. The molecule has 0 saturated carbocycles. The highest BCUT2D eigenvalue weighted by molar-refractivity contribution is 7.46. The normalized spacial score (nSPS) is 23.2. The van der Waals surface area contributed by atoms with Crippen LogP contribution in [0.1, 0.15) is 71.8 Å². The van der Waals surface area contributed by atoms with Gasteiger partial charge in [0.2, 0.25) is 35.4 Å². The fraction of sp³-hybridized carbons (Fsp3) is 0.600. The summed E-state index contributed by atoms with van der Waals surface area (Å²) in [5.74, 6) is -4.94. The van der Waals surface area contributed by atoms with Crippen LogP contribution in [0.3, 0.4) is 0 Å². The van der Waals surface area contributed by atoms with E-state index >= 15 is 0 Å². The number of carbonyl (C=O) groups is 6. The number of amides is 6. The average Bonchev–Trinajstić information content (AvgIpc) is 2.96. The van der Waals surface area contributed by atoms with Crippen LogP contribution in [0.5, 0.6) is 5.75 Å². The number of rotatable bonds is 8. The van der Waals surface area contributed by atoms with E-state index in [2.05, 4.69) is 31.1 Å². The van der Waals surface area contributed by atoms with Gasteiger partial charge in [0.1, 0.15) is 29.9 Å². The molecular formula is C30H47N6O10P. The van der Waals surface area contributed by atoms with E-state index in [1.807, 2.05) is 0 Å². The second-order valence-electron chi connectivity index (χ2n) is 12.2. The molecule has 6 amide bonds. The van der Waals surface area contributed by atoms with E-state index < -0.39 is 79.8 Å². The molecule has 1 aliphatic heterocycles. The molecule has 1 aromatic carbocycles. The fourth-order valence-electron chi connectivity index (χ4n) is 4.87. The maximum Gasteiger partial charge on any atom is 0.524 e. The number of hydrogen-bond donors (Lipinski definition) is 8. The maximum atomic E-state index is 13.6. The van der Waals surface area contributed by atoms with Gasteiger partial charge in [-0.15, -0.1) is 0 Å². The number of phosphoric acid groups is 1. The van der Waals surface area contributed by atoms with Crippen molar-refractivity contribution >= 4 is 43.3 Å². The summed E-state index contributed by atoms with van der Waals surface area (Å²) in [6, 6.07) is 0.807. The molecule has 2 rings (SSSR count). The molecule has 47 heavy (non-hydrogen) atoms. The third kappa shape index (κ3) is 14.1. The molecule has 0 aliphatic carbocycles. The number of carbonyl (C=O) groups excluding carboxylic acids is 6. The molecule has 1 fully saturated rings. The van der Waals surface area contributed by atoms with Crippen molar-refractivity contribution in [2.24, 2.45) is 17.6 Å². The molecule has 16 nitrogen and oxygen atoms in total. The zero-order valence-electron chi connectivity index (χ0n) is 27.1. The van der Waals surface area contributed by atoms with Crippen LogP contribution in [0.4, 0.5) is 0 Å². The summed E-state index contributed by atoms with van der Waals surface area (Å²) in [6.07, 6.45) is 2.04. The first-order valence-electron chi connectivity index (χ1n) is 15.6. The predicted octanol–water partition coefficient (Wildman–Crippen LogP) is -0.0925. The second-order valence-corrected chi connectivity index (χ2v) is 13.4. The summed E-state index contributed by atoms with van der Waals surface area (Å²) in [6.45, 7) is 7.11. The lowest BCUT2D eigenvalue weighted by Crippen LogP contribution is -2.60. The molecule has 1 heterocycles. The van der Waals surface area contributed by atoms with Gasteiger partial charge in [-0.1, -0.05) is 52.7 Å². The van der Waals surface area contributed by atoms with Crippen LogP contribution >= 0.6 is 7.82 Å². The van der Waals surface area contributed by atoms with Crippen molar-refractivity contribution in [3.8, 4) is 5.75 Å². The Morgan fingerprint density at radius 2 is 1.36 bits per heavy atom. The smallest absolute Gasteiger partial charge is 0.404 e. The minimum Gasteiger partial charge on any atom is -0.404 e. The fourth-order valence-corrected chi connectivity index (χ4v) is 5.27. The van der Waals surface area contributed by atoms with Crippen LogP contribution in [0.15, 0.2) is 24.3 Å². The minimum absolute atomic E-state index is 0.0385. The lowest BCUT2D eigenvalue weighted by Gasteiger charge is -2.28. The summed E-state index contributed by atoms with van der Waals surface area (Å²) in [7, 11) is -4.78. The topological polar surface area (TPSA) is 255 Å². The molecule has 9 N–H and O–H groups in total. The molecule has 262 valence electrons. The third-order valence-corrected chi connectivity index (χ3v) is 7.85. The van der Waals surface area contributed by atoms with Crippen molar-refractivity contribution < 1.29 is 47.6 Å². The number of nitrogens with two attached hydrogens (primary N) is 1. The summed E-state index contributed by atoms with van der Waals surface area (Å²) in [5.41, 5.74) is 5.88. The van der Waals surface area contributed by atoms with Crippen LogP contribution in [0.25, 0.3) is 0 Å². The number of nitrogens with one attached hydrogen (secondary N) is 5. The van der Waals surface area contributed by atoms with E-state index in [1.165, 1.54) is 24.3 Å². The van der Waals surface area contributed by atoms with Crippen molar-refractivity contribution in [3.63, 3.8) is 0 Å². The zero-order valence-corrected chi connectivity index (χ0v) is 28.0. The van der Waals surface area contributed by atoms with Crippen molar-refractivity contribution in [2.45, 2.75) is 96.8 Å². The van der Waals surface area contributed by atoms with Crippen molar-refractivity contribution in [2.75, 3.05) is 6.54 Å². The second kappa shape index (κ2) is 18.4. The SMILES string of the molecule is CC(C)[C@@H]1NC(=O)[C@H](CC(N)=O)NC(=O)[C@H](C(C)C)NC(=O)[C@H](Cc2ccc(OP(=O)(O)O)cc2)NC(=O)CCCCCCNC1=O. The lowest BCUT2D eigenvalue weighted by molar-refractivity contribution is -0.136. The molecule has 4 atom stereocenters. The van der Waals surface area contributed by atoms with Crippen LogP contribution in [0.2, 0.25) is 0 Å². The Morgan fingerprint density at radius 3 is 1.91 bits per heavy atom. The van der Waals surface area contributed by atoms with Gasteiger partial charge in [0.25, 0.3) is 0 Å². The highest BCUT2D eigenvalue weighted by Gasteiger charge is 2.34. The van der Waals surface area contributed by atoms with Crippen LogP contribution in [-0.2, 0) is 39.8 Å². The van der Waals surface area contributed by atoms with Crippen molar-refractivity contribution in [1.82, 2.24) is 26.6 Å². The third-order valence-electron chi connectivity index (χ3n) is 7.40. The highest BCUT2D eigenvalue weighted by atomic mass is 31.2. The van der Waals surface area contributed by atoms with Gasteiger partial charge in [0.05, 0.1) is 6.42 Å². The van der Waals surface area contributed by atoms with Gasteiger partial charge in [-0.25, -0.2) is 4.57 Å². The van der Waals surface area contributed by atoms with Crippen LogP contribution in [-0.4, -0.2) is 75.9 Å². The molecular weight excluding hydrogens is 635 g/mol. The molecule has 17 heteroatoms. The van der Waals surface area contributed by atoms with Gasteiger partial charge in [-0.2, -0.15) is 0 Å². The number of phosphoric ester groups is 1. The van der Waals surface area contributed by atoms with E-state index in [-0.39, 0.29) is 24.5 Å². The highest BCUT2D eigenvalue weighted by Crippen LogP contribution is 2.37. The van der Waals surface area contributed by atoms with E-state index in [0.29, 0.717) is 37.8 Å². The first kappa shape index (κ1) is 39.2.